The number of nitrogens with two attached hydrogens (primary N) is 1. The van der Waals surface area contributed by atoms with E-state index in [0.29, 0.717) is 15.1 Å². The Morgan fingerprint density at radius 2 is 1.80 bits per heavy atom. The van der Waals surface area contributed by atoms with E-state index < -0.39 is 11.9 Å². The first-order chi connectivity index (χ1) is 9.51. The van der Waals surface area contributed by atoms with Gasteiger partial charge in [0, 0.05) is 22.0 Å². The Labute approximate surface area is 130 Å². The van der Waals surface area contributed by atoms with E-state index in [-0.39, 0.29) is 12.5 Å². The summed E-state index contributed by atoms with van der Waals surface area (Å²) in [5.41, 5.74) is 7.11. The molecule has 2 aromatic carbocycles. The van der Waals surface area contributed by atoms with Gasteiger partial charge in [0.15, 0.2) is 0 Å². The van der Waals surface area contributed by atoms with Crippen LogP contribution in [-0.4, -0.2) is 11.7 Å². The van der Waals surface area contributed by atoms with Crippen LogP contribution in [0, 0.1) is 5.82 Å². The van der Waals surface area contributed by atoms with Crippen LogP contribution in [0.25, 0.3) is 0 Å². The van der Waals surface area contributed by atoms with Crippen molar-refractivity contribution >= 4 is 27.5 Å². The monoisotopic (exact) mass is 357 g/mol. The zero-order valence-electron chi connectivity index (χ0n) is 10.6. The molecular weight excluding hydrogens is 345 g/mol. The number of aliphatic hydroxyl groups is 1. The molecule has 2 atom stereocenters. The van der Waals surface area contributed by atoms with E-state index in [1.807, 2.05) is 12.1 Å². The molecule has 0 aliphatic carbocycles. The van der Waals surface area contributed by atoms with Gasteiger partial charge in [-0.05, 0) is 41.5 Å². The maximum atomic E-state index is 13.4. The Hall–Kier alpha value is -0.940. The van der Waals surface area contributed by atoms with Crippen LogP contribution in [-0.2, 0) is 0 Å². The number of rotatable bonds is 4. The molecule has 0 heterocycles. The second-order valence-electron chi connectivity index (χ2n) is 4.54. The van der Waals surface area contributed by atoms with Gasteiger partial charge in [-0.25, -0.2) is 4.39 Å². The molecule has 0 aromatic heterocycles. The smallest absolute Gasteiger partial charge is 0.124 e. The van der Waals surface area contributed by atoms with Crippen molar-refractivity contribution in [2.75, 3.05) is 6.54 Å². The molecule has 5 heteroatoms. The van der Waals surface area contributed by atoms with E-state index in [9.17, 15) is 9.50 Å². The lowest BCUT2D eigenvalue weighted by molar-refractivity contribution is 0.147. The molecular formula is C15H14BrClFNO. The molecule has 0 bridgehead atoms. The largest absolute Gasteiger partial charge is 0.388 e. The average Bonchev–Trinajstić information content (AvgIpc) is 2.40. The third-order valence-corrected chi connectivity index (χ3v) is 3.87. The highest BCUT2D eigenvalue weighted by Gasteiger charge is 2.22. The molecule has 0 amide bonds. The molecule has 0 aliphatic heterocycles. The Balaban J connectivity index is 2.33. The van der Waals surface area contributed by atoms with Crippen LogP contribution < -0.4 is 5.73 Å². The van der Waals surface area contributed by atoms with E-state index in [2.05, 4.69) is 15.9 Å². The first-order valence-electron chi connectivity index (χ1n) is 6.11. The van der Waals surface area contributed by atoms with Crippen molar-refractivity contribution in [2.45, 2.75) is 12.0 Å². The van der Waals surface area contributed by atoms with Gasteiger partial charge in [0.05, 0.1) is 6.10 Å². The third-order valence-electron chi connectivity index (χ3n) is 3.16. The Kier molecular flexibility index (Phi) is 5.16. The van der Waals surface area contributed by atoms with Crippen molar-refractivity contribution in [1.82, 2.24) is 0 Å². The molecule has 0 spiro atoms. The molecule has 3 N–H and O–H groups in total. The van der Waals surface area contributed by atoms with Crippen molar-refractivity contribution < 1.29 is 9.50 Å². The summed E-state index contributed by atoms with van der Waals surface area (Å²) in [4.78, 5) is 0. The topological polar surface area (TPSA) is 46.2 Å². The molecule has 2 rings (SSSR count). The first-order valence-corrected chi connectivity index (χ1v) is 7.28. The summed E-state index contributed by atoms with van der Waals surface area (Å²) in [6, 6.07) is 11.5. The Morgan fingerprint density at radius 3 is 2.35 bits per heavy atom. The second-order valence-corrected chi connectivity index (χ2v) is 5.89. The van der Waals surface area contributed by atoms with Gasteiger partial charge in [0.25, 0.3) is 0 Å². The van der Waals surface area contributed by atoms with Gasteiger partial charge in [0.2, 0.25) is 0 Å². The van der Waals surface area contributed by atoms with E-state index in [1.165, 1.54) is 12.1 Å². The summed E-state index contributed by atoms with van der Waals surface area (Å²) in [7, 11) is 0. The summed E-state index contributed by atoms with van der Waals surface area (Å²) in [6.45, 7) is 0.247. The Morgan fingerprint density at radius 1 is 1.15 bits per heavy atom. The number of aliphatic hydroxyl groups excluding tert-OH is 1. The predicted molar refractivity (Wildman–Crippen MR) is 82.3 cm³/mol. The normalized spacial score (nSPS) is 14.1. The fraction of sp³-hybridized carbons (Fsp3) is 0.200. The molecule has 106 valence electrons. The molecule has 2 aromatic rings. The van der Waals surface area contributed by atoms with Gasteiger partial charge in [-0.15, -0.1) is 0 Å². The van der Waals surface area contributed by atoms with Crippen LogP contribution >= 0.6 is 27.5 Å². The van der Waals surface area contributed by atoms with Crippen molar-refractivity contribution in [3.63, 3.8) is 0 Å². The SMILES string of the molecule is NCC(c1ccc(Cl)cc1)C(O)c1cc(F)cc(Br)c1. The van der Waals surface area contributed by atoms with Gasteiger partial charge in [-0.2, -0.15) is 0 Å². The van der Waals surface area contributed by atoms with Gasteiger partial charge in [-0.1, -0.05) is 39.7 Å². The van der Waals surface area contributed by atoms with E-state index in [4.69, 9.17) is 17.3 Å². The summed E-state index contributed by atoms with van der Waals surface area (Å²) in [5.74, 6) is -0.721. The van der Waals surface area contributed by atoms with Crippen molar-refractivity contribution in [3.8, 4) is 0 Å². The molecule has 2 unspecified atom stereocenters. The fourth-order valence-electron chi connectivity index (χ4n) is 2.14. The predicted octanol–water partition coefficient (Wildman–Crippen LogP) is 4.02. The average molecular weight is 359 g/mol. The van der Waals surface area contributed by atoms with Crippen LogP contribution in [0.2, 0.25) is 5.02 Å². The molecule has 0 radical (unpaired) electrons. The van der Waals surface area contributed by atoms with Crippen LogP contribution in [0.15, 0.2) is 46.9 Å². The zero-order valence-corrected chi connectivity index (χ0v) is 12.9. The van der Waals surface area contributed by atoms with Gasteiger partial charge in [0.1, 0.15) is 5.82 Å². The van der Waals surface area contributed by atoms with Crippen molar-refractivity contribution in [3.05, 3.63) is 68.9 Å². The summed E-state index contributed by atoms with van der Waals surface area (Å²) >= 11 is 9.07. The molecule has 0 fully saturated rings. The lowest BCUT2D eigenvalue weighted by atomic mass is 9.89. The van der Waals surface area contributed by atoms with Crippen molar-refractivity contribution in [1.29, 1.82) is 0 Å². The number of halogens is 3. The second kappa shape index (κ2) is 6.68. The minimum Gasteiger partial charge on any atom is -0.388 e. The molecule has 0 aliphatic rings. The maximum absolute atomic E-state index is 13.4. The third kappa shape index (κ3) is 3.58. The van der Waals surface area contributed by atoms with Crippen LogP contribution in [0.5, 0.6) is 0 Å². The number of hydrogen-bond donors (Lipinski definition) is 2. The number of hydrogen-bond acceptors (Lipinski definition) is 2. The molecule has 20 heavy (non-hydrogen) atoms. The van der Waals surface area contributed by atoms with Crippen molar-refractivity contribution in [2.24, 2.45) is 5.73 Å². The zero-order chi connectivity index (χ0) is 14.7. The maximum Gasteiger partial charge on any atom is 0.124 e. The highest BCUT2D eigenvalue weighted by atomic mass is 79.9. The first kappa shape index (κ1) is 15.4. The summed E-state index contributed by atoms with van der Waals surface area (Å²) in [6.07, 6.45) is -0.881. The minimum absolute atomic E-state index is 0.247. The minimum atomic E-state index is -0.881. The van der Waals surface area contributed by atoms with E-state index >= 15 is 0 Å². The summed E-state index contributed by atoms with van der Waals surface area (Å²) < 4.78 is 14.0. The van der Waals surface area contributed by atoms with Crippen LogP contribution in [0.1, 0.15) is 23.1 Å². The quantitative estimate of drug-likeness (QED) is 0.867. The summed E-state index contributed by atoms with van der Waals surface area (Å²) in [5, 5.41) is 11.1. The molecule has 0 saturated heterocycles. The van der Waals surface area contributed by atoms with Crippen LogP contribution in [0.4, 0.5) is 4.39 Å². The number of benzene rings is 2. The lowest BCUT2D eigenvalue weighted by Gasteiger charge is -2.22. The van der Waals surface area contributed by atoms with E-state index in [0.717, 1.165) is 5.56 Å². The van der Waals surface area contributed by atoms with Gasteiger partial charge in [-0.3, -0.25) is 0 Å². The van der Waals surface area contributed by atoms with Gasteiger partial charge >= 0.3 is 0 Å². The molecule has 0 saturated carbocycles. The standard InChI is InChI=1S/C15H14BrClFNO/c16-11-5-10(6-13(18)7-11)15(20)14(8-19)9-1-3-12(17)4-2-9/h1-7,14-15,20H,8,19H2. The Bertz CT molecular complexity index is 571. The highest BCUT2D eigenvalue weighted by molar-refractivity contribution is 9.10. The van der Waals surface area contributed by atoms with E-state index in [1.54, 1.807) is 18.2 Å². The fourth-order valence-corrected chi connectivity index (χ4v) is 2.74. The molecule has 2 nitrogen and oxygen atoms in total. The van der Waals surface area contributed by atoms with Crippen LogP contribution in [0.3, 0.4) is 0 Å². The highest BCUT2D eigenvalue weighted by Crippen LogP contribution is 2.32. The van der Waals surface area contributed by atoms with Gasteiger partial charge < -0.3 is 10.8 Å². The lowest BCUT2D eigenvalue weighted by Crippen LogP contribution is -2.20.